The third-order valence-corrected chi connectivity index (χ3v) is 6.59. The van der Waals surface area contributed by atoms with Crippen molar-refractivity contribution in [1.29, 1.82) is 0 Å². The van der Waals surface area contributed by atoms with Gasteiger partial charge in [-0.25, -0.2) is 9.78 Å². The van der Waals surface area contributed by atoms with Gasteiger partial charge in [0.2, 0.25) is 5.91 Å². The molecule has 0 unspecified atom stereocenters. The monoisotopic (exact) mass is 479 g/mol. The van der Waals surface area contributed by atoms with Crippen molar-refractivity contribution < 1.29 is 19.1 Å². The normalized spacial score (nSPS) is 17.6. The molecule has 1 fully saturated rings. The fourth-order valence-corrected chi connectivity index (χ4v) is 4.57. The molecule has 1 aliphatic rings. The van der Waals surface area contributed by atoms with E-state index in [9.17, 15) is 14.4 Å². The molecule has 9 nitrogen and oxygen atoms in total. The molecule has 10 heteroatoms. The fraction of sp³-hybridized carbons (Fsp3) is 0.250. The maximum atomic E-state index is 13.1. The molecule has 0 radical (unpaired) electrons. The van der Waals surface area contributed by atoms with E-state index in [-0.39, 0.29) is 5.75 Å². The number of thioether (sulfide) groups is 1. The Bertz CT molecular complexity index is 1270. The van der Waals surface area contributed by atoms with Crippen molar-refractivity contribution in [2.45, 2.75) is 31.5 Å². The number of hydrazine groups is 1. The summed E-state index contributed by atoms with van der Waals surface area (Å²) in [4.78, 5) is 42.6. The summed E-state index contributed by atoms with van der Waals surface area (Å²) in [7, 11) is 1.52. The molecule has 0 saturated carbocycles. The summed E-state index contributed by atoms with van der Waals surface area (Å²) in [6.45, 7) is 5.63. The minimum absolute atomic E-state index is 0.0329. The average Bonchev–Trinajstić information content (AvgIpc) is 3.36. The number of rotatable bonds is 7. The first kappa shape index (κ1) is 23.4. The Kier molecular flexibility index (Phi) is 6.34. The van der Waals surface area contributed by atoms with E-state index in [1.165, 1.54) is 18.9 Å². The number of aryl methyl sites for hydroxylation is 2. The van der Waals surface area contributed by atoms with Gasteiger partial charge in [0, 0.05) is 12.4 Å². The number of carbonyl (C=O) groups excluding carboxylic acids is 3. The van der Waals surface area contributed by atoms with Crippen LogP contribution in [0.15, 0.2) is 60.0 Å². The van der Waals surface area contributed by atoms with Crippen LogP contribution in [0, 0.1) is 13.8 Å². The van der Waals surface area contributed by atoms with E-state index in [1.807, 2.05) is 36.7 Å². The van der Waals surface area contributed by atoms with Gasteiger partial charge in [0.05, 0.1) is 18.6 Å². The standard InChI is InChI=1S/C24H25N5O4S/c1-15-8-9-19(16(2)12-15)28-11-10-25-23(28)34-14-20(30)27-29-21(31)24(3,26-22(29)32)17-6-5-7-18(13-17)33-4/h5-13H,14H2,1-4H3,(H,26,32)(H,27,30)/t24-/m1/s1. The van der Waals surface area contributed by atoms with Crippen LogP contribution in [0.4, 0.5) is 4.79 Å². The molecule has 2 aromatic carbocycles. The fourth-order valence-electron chi connectivity index (χ4n) is 3.81. The van der Waals surface area contributed by atoms with Crippen LogP contribution in [0.1, 0.15) is 23.6 Å². The first-order valence-electron chi connectivity index (χ1n) is 10.6. The summed E-state index contributed by atoms with van der Waals surface area (Å²) in [5.41, 5.74) is 4.84. The number of carbonyl (C=O) groups is 3. The van der Waals surface area contributed by atoms with Crippen molar-refractivity contribution in [3.8, 4) is 11.4 Å². The largest absolute Gasteiger partial charge is 0.497 e. The van der Waals surface area contributed by atoms with Gasteiger partial charge in [-0.05, 0) is 50.1 Å². The van der Waals surface area contributed by atoms with Crippen LogP contribution in [0.3, 0.4) is 0 Å². The highest BCUT2D eigenvalue weighted by Crippen LogP contribution is 2.30. The number of imidazole rings is 1. The molecule has 2 N–H and O–H groups in total. The highest BCUT2D eigenvalue weighted by molar-refractivity contribution is 7.99. The molecule has 34 heavy (non-hydrogen) atoms. The summed E-state index contributed by atoms with van der Waals surface area (Å²) in [6, 6.07) is 12.3. The second-order valence-corrected chi connectivity index (χ2v) is 9.06. The summed E-state index contributed by atoms with van der Waals surface area (Å²) >= 11 is 1.21. The summed E-state index contributed by atoms with van der Waals surface area (Å²) in [6.07, 6.45) is 3.49. The second-order valence-electron chi connectivity index (χ2n) is 8.12. The van der Waals surface area contributed by atoms with E-state index in [1.54, 1.807) is 37.4 Å². The number of imide groups is 1. The molecular formula is C24H25N5O4S. The third-order valence-electron chi connectivity index (χ3n) is 5.63. The lowest BCUT2D eigenvalue weighted by molar-refractivity contribution is -0.138. The maximum absolute atomic E-state index is 13.1. The molecule has 1 aromatic heterocycles. The smallest absolute Gasteiger partial charge is 0.344 e. The number of nitrogens with one attached hydrogen (secondary N) is 2. The third kappa shape index (κ3) is 4.36. The van der Waals surface area contributed by atoms with Crippen LogP contribution < -0.4 is 15.5 Å². The van der Waals surface area contributed by atoms with E-state index in [4.69, 9.17) is 4.74 Å². The Balaban J connectivity index is 1.44. The molecule has 1 saturated heterocycles. The number of ether oxygens (including phenoxy) is 1. The maximum Gasteiger partial charge on any atom is 0.344 e. The van der Waals surface area contributed by atoms with Gasteiger partial charge in [0.15, 0.2) is 5.16 Å². The van der Waals surface area contributed by atoms with Crippen molar-refractivity contribution >= 4 is 29.6 Å². The van der Waals surface area contributed by atoms with Gasteiger partial charge in [-0.3, -0.25) is 19.6 Å². The summed E-state index contributed by atoms with van der Waals surface area (Å²) in [5.74, 6) is -0.562. The van der Waals surface area contributed by atoms with Crippen molar-refractivity contribution in [3.63, 3.8) is 0 Å². The van der Waals surface area contributed by atoms with Gasteiger partial charge in [-0.15, -0.1) is 0 Å². The first-order chi connectivity index (χ1) is 16.2. The minimum Gasteiger partial charge on any atom is -0.497 e. The Hall–Kier alpha value is -3.79. The summed E-state index contributed by atoms with van der Waals surface area (Å²) in [5, 5.41) is 4.00. The van der Waals surface area contributed by atoms with Crippen LogP contribution >= 0.6 is 11.8 Å². The molecule has 1 aliphatic heterocycles. The molecular weight excluding hydrogens is 454 g/mol. The SMILES string of the molecule is COc1cccc([C@@]2(C)NC(=O)N(NC(=O)CSc3nccn3-c3ccc(C)cc3C)C2=O)c1. The van der Waals surface area contributed by atoms with Crippen LogP contribution in [0.25, 0.3) is 5.69 Å². The first-order valence-corrected chi connectivity index (χ1v) is 11.6. The van der Waals surface area contributed by atoms with Crippen molar-refractivity contribution in [2.75, 3.05) is 12.9 Å². The number of methoxy groups -OCH3 is 1. The second kappa shape index (κ2) is 9.22. The topological polar surface area (TPSA) is 106 Å². The minimum atomic E-state index is -1.33. The van der Waals surface area contributed by atoms with Gasteiger partial charge in [-0.2, -0.15) is 5.01 Å². The lowest BCUT2D eigenvalue weighted by Crippen LogP contribution is -2.48. The summed E-state index contributed by atoms with van der Waals surface area (Å²) < 4.78 is 7.12. The van der Waals surface area contributed by atoms with Crippen LogP contribution in [-0.2, 0) is 15.1 Å². The molecule has 0 bridgehead atoms. The number of aromatic nitrogens is 2. The average molecular weight is 480 g/mol. The molecule has 1 atom stereocenters. The van der Waals surface area contributed by atoms with Crippen molar-refractivity contribution in [1.82, 2.24) is 25.3 Å². The Morgan fingerprint density at radius 2 is 2.00 bits per heavy atom. The lowest BCUT2D eigenvalue weighted by Gasteiger charge is -2.22. The van der Waals surface area contributed by atoms with Crippen LogP contribution in [0.2, 0.25) is 0 Å². The van der Waals surface area contributed by atoms with Crippen LogP contribution in [0.5, 0.6) is 5.75 Å². The number of nitrogens with zero attached hydrogens (tertiary/aromatic N) is 3. The number of hydrogen-bond donors (Lipinski definition) is 2. The predicted molar refractivity (Wildman–Crippen MR) is 128 cm³/mol. The van der Waals surface area contributed by atoms with Gasteiger partial charge < -0.3 is 10.1 Å². The van der Waals surface area contributed by atoms with E-state index in [0.717, 1.165) is 21.8 Å². The number of urea groups is 1. The highest BCUT2D eigenvalue weighted by atomic mass is 32.2. The van der Waals surface area contributed by atoms with E-state index in [2.05, 4.69) is 21.8 Å². The van der Waals surface area contributed by atoms with E-state index < -0.39 is 23.4 Å². The lowest BCUT2D eigenvalue weighted by atomic mass is 9.92. The van der Waals surface area contributed by atoms with Crippen molar-refractivity contribution in [3.05, 3.63) is 71.5 Å². The molecule has 4 rings (SSSR count). The molecule has 3 aromatic rings. The molecule has 4 amide bonds. The molecule has 2 heterocycles. The molecule has 176 valence electrons. The van der Waals surface area contributed by atoms with Gasteiger partial charge in [-0.1, -0.05) is 41.6 Å². The molecule has 0 spiro atoms. The zero-order valence-electron chi connectivity index (χ0n) is 19.3. The Morgan fingerprint density at radius 3 is 2.74 bits per heavy atom. The zero-order chi connectivity index (χ0) is 24.5. The van der Waals surface area contributed by atoms with Gasteiger partial charge >= 0.3 is 6.03 Å². The molecule has 0 aliphatic carbocycles. The van der Waals surface area contributed by atoms with Gasteiger partial charge in [0.25, 0.3) is 5.91 Å². The predicted octanol–water partition coefficient (Wildman–Crippen LogP) is 3.09. The number of hydrogen-bond acceptors (Lipinski definition) is 6. The van der Waals surface area contributed by atoms with Gasteiger partial charge in [0.1, 0.15) is 11.3 Å². The Morgan fingerprint density at radius 1 is 1.21 bits per heavy atom. The number of amides is 4. The highest BCUT2D eigenvalue weighted by Gasteiger charge is 2.50. The quantitative estimate of drug-likeness (QED) is 0.399. The van der Waals surface area contributed by atoms with E-state index >= 15 is 0 Å². The number of benzene rings is 2. The zero-order valence-corrected chi connectivity index (χ0v) is 20.1. The van der Waals surface area contributed by atoms with Crippen molar-refractivity contribution in [2.24, 2.45) is 0 Å². The van der Waals surface area contributed by atoms with E-state index in [0.29, 0.717) is 16.5 Å². The van der Waals surface area contributed by atoms with Crippen LogP contribution in [-0.4, -0.2) is 45.3 Å². The Labute approximate surface area is 201 Å².